The normalized spacial score (nSPS) is 17.0. The minimum absolute atomic E-state index is 0.0846. The summed E-state index contributed by atoms with van der Waals surface area (Å²) in [6.07, 6.45) is 6.59. The Morgan fingerprint density at radius 1 is 1.23 bits per heavy atom. The maximum Gasteiger partial charge on any atom is 0.258 e. The average Bonchev–Trinajstić information content (AvgIpc) is 2.72. The van der Waals surface area contributed by atoms with E-state index in [0.717, 1.165) is 35.4 Å². The fraction of sp³-hybridized carbons (Fsp3) is 0.304. The lowest BCUT2D eigenvalue weighted by molar-refractivity contribution is -0.124. The topological polar surface area (TPSA) is 77.0 Å². The summed E-state index contributed by atoms with van der Waals surface area (Å²) in [5, 5.41) is 2.94. The average molecular weight is 424 g/mol. The van der Waals surface area contributed by atoms with Crippen LogP contribution in [0.15, 0.2) is 48.9 Å². The van der Waals surface area contributed by atoms with Gasteiger partial charge in [-0.2, -0.15) is 0 Å². The van der Waals surface area contributed by atoms with Crippen LogP contribution in [0, 0.1) is 17.0 Å². The molecule has 1 aliphatic rings. The van der Waals surface area contributed by atoms with E-state index in [4.69, 9.17) is 9.72 Å². The summed E-state index contributed by atoms with van der Waals surface area (Å²) in [4.78, 5) is 25.7. The molecule has 0 aliphatic heterocycles. The van der Waals surface area contributed by atoms with Crippen molar-refractivity contribution in [3.63, 3.8) is 0 Å². The molecule has 1 atom stereocenters. The number of pyridine rings is 1. The van der Waals surface area contributed by atoms with Crippen molar-refractivity contribution in [3.05, 3.63) is 71.8 Å². The molecule has 1 N–H and O–H groups in total. The van der Waals surface area contributed by atoms with Crippen molar-refractivity contribution in [2.24, 2.45) is 5.41 Å². The first-order chi connectivity index (χ1) is 14.8. The lowest BCUT2D eigenvalue weighted by Gasteiger charge is -2.36. The third-order valence-corrected chi connectivity index (χ3v) is 5.20. The zero-order valence-electron chi connectivity index (χ0n) is 17.2. The lowest BCUT2D eigenvalue weighted by Crippen LogP contribution is -2.39. The minimum Gasteiger partial charge on any atom is -0.481 e. The first-order valence-corrected chi connectivity index (χ1v) is 9.94. The number of fused-ring (bicyclic) bond motifs is 1. The summed E-state index contributed by atoms with van der Waals surface area (Å²) in [7, 11) is 0. The van der Waals surface area contributed by atoms with Gasteiger partial charge in [0.25, 0.3) is 5.91 Å². The van der Waals surface area contributed by atoms with Crippen LogP contribution in [0.5, 0.6) is 5.75 Å². The van der Waals surface area contributed by atoms with Crippen molar-refractivity contribution in [1.29, 1.82) is 0 Å². The van der Waals surface area contributed by atoms with Crippen molar-refractivity contribution < 1.29 is 18.3 Å². The van der Waals surface area contributed by atoms with Crippen molar-refractivity contribution in [2.45, 2.75) is 32.7 Å². The number of rotatable bonds is 5. The highest BCUT2D eigenvalue weighted by Gasteiger charge is 2.34. The number of aromatic nitrogens is 3. The number of hydrogen-bond acceptors (Lipinski definition) is 5. The van der Waals surface area contributed by atoms with E-state index in [1.165, 1.54) is 0 Å². The molecule has 1 amide bonds. The number of hydrogen-bond donors (Lipinski definition) is 1. The Labute approximate surface area is 178 Å². The van der Waals surface area contributed by atoms with E-state index in [9.17, 15) is 13.6 Å². The van der Waals surface area contributed by atoms with Gasteiger partial charge in [0.05, 0.1) is 11.7 Å². The molecule has 2 heterocycles. The molecule has 0 saturated carbocycles. The van der Waals surface area contributed by atoms with Crippen LogP contribution >= 0.6 is 0 Å². The number of carbonyl (C=O) groups excluding carboxylic acids is 1. The Bertz CT molecular complexity index is 1110. The molecular formula is C23H22F2N4O2. The van der Waals surface area contributed by atoms with E-state index in [-0.39, 0.29) is 23.8 Å². The molecular weight excluding hydrogens is 402 g/mol. The predicted octanol–water partition coefficient (Wildman–Crippen LogP) is 4.03. The molecule has 31 heavy (non-hydrogen) atoms. The number of nitrogens with zero attached hydrogens (tertiary/aromatic N) is 3. The summed E-state index contributed by atoms with van der Waals surface area (Å²) in [5.41, 5.74) is 2.53. The molecule has 0 saturated heterocycles. The molecule has 160 valence electrons. The van der Waals surface area contributed by atoms with E-state index >= 15 is 0 Å². The number of ether oxygens (including phenoxy) is 1. The van der Waals surface area contributed by atoms with Crippen LogP contribution in [-0.2, 0) is 11.2 Å². The van der Waals surface area contributed by atoms with E-state index in [1.54, 1.807) is 18.6 Å². The third kappa shape index (κ3) is 4.84. The lowest BCUT2D eigenvalue weighted by atomic mass is 9.74. The summed E-state index contributed by atoms with van der Waals surface area (Å²) < 4.78 is 32.0. The van der Waals surface area contributed by atoms with Gasteiger partial charge in [0, 0.05) is 35.8 Å². The highest BCUT2D eigenvalue weighted by Crippen LogP contribution is 2.40. The van der Waals surface area contributed by atoms with Gasteiger partial charge in [-0.3, -0.25) is 9.78 Å². The smallest absolute Gasteiger partial charge is 0.258 e. The molecule has 0 radical (unpaired) electrons. The van der Waals surface area contributed by atoms with Gasteiger partial charge in [-0.25, -0.2) is 18.7 Å². The molecule has 0 bridgehead atoms. The largest absolute Gasteiger partial charge is 0.481 e. The van der Waals surface area contributed by atoms with Crippen molar-refractivity contribution in [2.75, 3.05) is 6.61 Å². The van der Waals surface area contributed by atoms with Crippen LogP contribution < -0.4 is 10.1 Å². The second-order valence-corrected chi connectivity index (χ2v) is 8.36. The number of benzene rings is 1. The van der Waals surface area contributed by atoms with Gasteiger partial charge in [0.2, 0.25) is 0 Å². The quantitative estimate of drug-likeness (QED) is 0.669. The van der Waals surface area contributed by atoms with Crippen LogP contribution in [0.4, 0.5) is 8.78 Å². The minimum atomic E-state index is -0.853. The second-order valence-electron chi connectivity index (χ2n) is 8.36. The number of nitrogens with one attached hydrogen (secondary N) is 1. The Morgan fingerprint density at radius 3 is 2.74 bits per heavy atom. The fourth-order valence-corrected chi connectivity index (χ4v) is 3.79. The van der Waals surface area contributed by atoms with Crippen molar-refractivity contribution in [3.8, 4) is 17.1 Å². The van der Waals surface area contributed by atoms with Gasteiger partial charge in [-0.05, 0) is 42.5 Å². The zero-order valence-corrected chi connectivity index (χ0v) is 17.2. The summed E-state index contributed by atoms with van der Waals surface area (Å²) in [6, 6.07) is 6.35. The predicted molar refractivity (Wildman–Crippen MR) is 110 cm³/mol. The van der Waals surface area contributed by atoms with Crippen LogP contribution in [0.25, 0.3) is 11.4 Å². The van der Waals surface area contributed by atoms with Gasteiger partial charge >= 0.3 is 0 Å². The molecule has 2 aromatic heterocycles. The maximum absolute atomic E-state index is 13.7. The Hall–Kier alpha value is -3.42. The Balaban J connectivity index is 1.50. The van der Waals surface area contributed by atoms with Crippen LogP contribution in [0.1, 0.15) is 37.6 Å². The van der Waals surface area contributed by atoms with Crippen LogP contribution in [-0.4, -0.2) is 27.5 Å². The highest BCUT2D eigenvalue weighted by atomic mass is 19.1. The third-order valence-electron chi connectivity index (χ3n) is 5.20. The molecule has 0 unspecified atom stereocenters. The van der Waals surface area contributed by atoms with E-state index < -0.39 is 17.5 Å². The standard InChI is InChI=1S/C23H22F2N4O2/c1-23(2)10-18(28-21(30)13-31-20-4-3-15(24)9-17(20)25)16-12-27-22(29-19(16)11-23)14-5-7-26-8-6-14/h3-9,12,18H,10-11,13H2,1-2H3,(H,28,30)/t18-/m0/s1. The molecule has 0 fully saturated rings. The van der Waals surface area contributed by atoms with Gasteiger partial charge < -0.3 is 10.1 Å². The van der Waals surface area contributed by atoms with E-state index in [0.29, 0.717) is 18.3 Å². The zero-order chi connectivity index (χ0) is 22.0. The molecule has 1 aromatic carbocycles. The fourth-order valence-electron chi connectivity index (χ4n) is 3.79. The molecule has 0 spiro atoms. The molecule has 1 aliphatic carbocycles. The van der Waals surface area contributed by atoms with Crippen molar-refractivity contribution in [1.82, 2.24) is 20.3 Å². The monoisotopic (exact) mass is 424 g/mol. The molecule has 6 nitrogen and oxygen atoms in total. The summed E-state index contributed by atoms with van der Waals surface area (Å²) >= 11 is 0. The number of halogens is 2. The Morgan fingerprint density at radius 2 is 2.00 bits per heavy atom. The second kappa shape index (κ2) is 8.37. The number of carbonyl (C=O) groups is 1. The van der Waals surface area contributed by atoms with Crippen LogP contribution in [0.3, 0.4) is 0 Å². The molecule has 3 aromatic rings. The maximum atomic E-state index is 13.7. The SMILES string of the molecule is CC1(C)Cc2nc(-c3ccncc3)ncc2[C@@H](NC(=O)COc2ccc(F)cc2F)C1. The molecule has 4 rings (SSSR count). The van der Waals surface area contributed by atoms with E-state index in [2.05, 4.69) is 29.1 Å². The van der Waals surface area contributed by atoms with Gasteiger partial charge in [0.15, 0.2) is 24.0 Å². The highest BCUT2D eigenvalue weighted by molar-refractivity contribution is 5.78. The Kier molecular flexibility index (Phi) is 5.63. The summed E-state index contributed by atoms with van der Waals surface area (Å²) in [6.45, 7) is 3.85. The van der Waals surface area contributed by atoms with Crippen LogP contribution in [0.2, 0.25) is 0 Å². The first-order valence-electron chi connectivity index (χ1n) is 9.94. The van der Waals surface area contributed by atoms with E-state index in [1.807, 2.05) is 12.1 Å². The van der Waals surface area contributed by atoms with Crippen molar-refractivity contribution >= 4 is 5.91 Å². The van der Waals surface area contributed by atoms with Gasteiger partial charge in [0.1, 0.15) is 5.82 Å². The van der Waals surface area contributed by atoms with Gasteiger partial charge in [-0.15, -0.1) is 0 Å². The molecule has 8 heteroatoms. The van der Waals surface area contributed by atoms with Gasteiger partial charge in [-0.1, -0.05) is 13.8 Å². The number of amides is 1. The first kappa shape index (κ1) is 20.8. The summed E-state index contributed by atoms with van der Waals surface area (Å²) in [5.74, 6) is -1.53.